The summed E-state index contributed by atoms with van der Waals surface area (Å²) in [5.74, 6) is -3.09. The maximum Gasteiger partial charge on any atom is 0.415 e. The van der Waals surface area contributed by atoms with Crippen molar-refractivity contribution in [2.45, 2.75) is 6.18 Å². The van der Waals surface area contributed by atoms with Crippen LogP contribution >= 0.6 is 0 Å². The number of hydrogen-bond donors (Lipinski definition) is 0. The fourth-order valence-corrected chi connectivity index (χ4v) is 0.842. The molecule has 6 heteroatoms. The summed E-state index contributed by atoms with van der Waals surface area (Å²) in [5.41, 5.74) is -1.17. The van der Waals surface area contributed by atoms with E-state index in [1.807, 2.05) is 0 Å². The van der Waals surface area contributed by atoms with Crippen molar-refractivity contribution >= 4 is 0 Å². The molecule has 1 rings (SSSR count). The molecule has 0 heterocycles. The summed E-state index contributed by atoms with van der Waals surface area (Å²) >= 11 is 0. The molecule has 0 aliphatic rings. The molecule has 0 aliphatic heterocycles. The Bertz CT molecular complexity index is 397. The lowest BCUT2D eigenvalue weighted by Gasteiger charge is -2.11. The zero-order chi connectivity index (χ0) is 12.3. The van der Waals surface area contributed by atoms with E-state index in [0.29, 0.717) is 0 Å². The van der Waals surface area contributed by atoms with E-state index in [4.69, 9.17) is 0 Å². The third-order valence-electron chi connectivity index (χ3n) is 1.72. The Morgan fingerprint density at radius 1 is 1.25 bits per heavy atom. The van der Waals surface area contributed by atoms with Crippen LogP contribution in [0.4, 0.5) is 22.0 Å². The molecule has 0 aliphatic carbocycles. The molecule has 0 spiro atoms. The number of ether oxygens (including phenoxy) is 1. The summed E-state index contributed by atoms with van der Waals surface area (Å²) < 4.78 is 66.0. The molecular weight excluding hydrogens is 231 g/mol. The van der Waals surface area contributed by atoms with Gasteiger partial charge in [0.2, 0.25) is 5.82 Å². The SMILES string of the molecule is C=C(COc1cccc(F)c1F)C(F)(F)F. The van der Waals surface area contributed by atoms with Gasteiger partial charge in [-0.25, -0.2) is 4.39 Å². The second kappa shape index (κ2) is 4.51. The van der Waals surface area contributed by atoms with Crippen LogP contribution in [-0.2, 0) is 0 Å². The highest BCUT2D eigenvalue weighted by Crippen LogP contribution is 2.26. The molecule has 0 fully saturated rings. The van der Waals surface area contributed by atoms with Gasteiger partial charge in [0.1, 0.15) is 6.61 Å². The van der Waals surface area contributed by atoms with Crippen LogP contribution in [0, 0.1) is 11.6 Å². The minimum atomic E-state index is -4.61. The first-order valence-corrected chi connectivity index (χ1v) is 4.14. The van der Waals surface area contributed by atoms with Gasteiger partial charge in [0.15, 0.2) is 11.6 Å². The van der Waals surface area contributed by atoms with Crippen LogP contribution in [0.15, 0.2) is 30.4 Å². The Morgan fingerprint density at radius 2 is 1.88 bits per heavy atom. The van der Waals surface area contributed by atoms with Crippen molar-refractivity contribution in [1.82, 2.24) is 0 Å². The van der Waals surface area contributed by atoms with Crippen molar-refractivity contribution < 1.29 is 26.7 Å². The van der Waals surface area contributed by atoms with E-state index in [0.717, 1.165) is 18.2 Å². The highest BCUT2D eigenvalue weighted by Gasteiger charge is 2.32. The van der Waals surface area contributed by atoms with Gasteiger partial charge in [0.25, 0.3) is 0 Å². The standard InChI is InChI=1S/C10H7F5O/c1-6(10(13,14)15)5-16-8-4-2-3-7(11)9(8)12/h2-4H,1,5H2. The topological polar surface area (TPSA) is 9.23 Å². The lowest BCUT2D eigenvalue weighted by molar-refractivity contribution is -0.0963. The number of rotatable bonds is 3. The van der Waals surface area contributed by atoms with E-state index in [1.165, 1.54) is 0 Å². The third kappa shape index (κ3) is 2.95. The van der Waals surface area contributed by atoms with Crippen LogP contribution in [-0.4, -0.2) is 12.8 Å². The zero-order valence-electron chi connectivity index (χ0n) is 7.94. The molecule has 0 atom stereocenters. The molecule has 0 saturated carbocycles. The van der Waals surface area contributed by atoms with Gasteiger partial charge in [0.05, 0.1) is 5.57 Å². The monoisotopic (exact) mass is 238 g/mol. The van der Waals surface area contributed by atoms with Gasteiger partial charge in [-0.1, -0.05) is 12.6 Å². The maximum absolute atomic E-state index is 12.9. The third-order valence-corrected chi connectivity index (χ3v) is 1.72. The first kappa shape index (κ1) is 12.5. The highest BCUT2D eigenvalue weighted by molar-refractivity contribution is 5.25. The van der Waals surface area contributed by atoms with Crippen molar-refractivity contribution in [2.75, 3.05) is 6.61 Å². The fraction of sp³-hybridized carbons (Fsp3) is 0.200. The normalized spacial score (nSPS) is 11.3. The van der Waals surface area contributed by atoms with E-state index >= 15 is 0 Å². The summed E-state index contributed by atoms with van der Waals surface area (Å²) in [6, 6.07) is 2.99. The van der Waals surface area contributed by atoms with Gasteiger partial charge in [-0.15, -0.1) is 0 Å². The summed E-state index contributed by atoms with van der Waals surface area (Å²) in [6.45, 7) is 1.79. The van der Waals surface area contributed by atoms with E-state index in [2.05, 4.69) is 11.3 Å². The zero-order valence-corrected chi connectivity index (χ0v) is 7.94. The molecule has 1 aromatic carbocycles. The van der Waals surface area contributed by atoms with Crippen LogP contribution in [0.25, 0.3) is 0 Å². The first-order valence-electron chi connectivity index (χ1n) is 4.14. The highest BCUT2D eigenvalue weighted by atomic mass is 19.4. The smallest absolute Gasteiger partial charge is 0.415 e. The second-order valence-electron chi connectivity index (χ2n) is 2.94. The second-order valence-corrected chi connectivity index (χ2v) is 2.94. The predicted octanol–water partition coefficient (Wildman–Crippen LogP) is 3.46. The number of halogens is 5. The number of alkyl halides is 3. The van der Waals surface area contributed by atoms with Crippen molar-refractivity contribution in [3.63, 3.8) is 0 Å². The van der Waals surface area contributed by atoms with Gasteiger partial charge < -0.3 is 4.74 Å². The summed E-state index contributed by atoms with van der Waals surface area (Å²) in [5, 5.41) is 0. The Hall–Kier alpha value is -1.59. The Labute approximate surface area is 88.1 Å². The van der Waals surface area contributed by atoms with Crippen molar-refractivity contribution in [2.24, 2.45) is 0 Å². The molecule has 1 nitrogen and oxygen atoms in total. The van der Waals surface area contributed by atoms with Crippen molar-refractivity contribution in [3.8, 4) is 5.75 Å². The van der Waals surface area contributed by atoms with Gasteiger partial charge in [0, 0.05) is 0 Å². The number of benzene rings is 1. The molecule has 0 unspecified atom stereocenters. The van der Waals surface area contributed by atoms with E-state index < -0.39 is 35.7 Å². The summed E-state index contributed by atoms with van der Waals surface area (Å²) in [4.78, 5) is 0. The minimum absolute atomic E-state index is 0.578. The molecule has 0 N–H and O–H groups in total. The quantitative estimate of drug-likeness (QED) is 0.578. The van der Waals surface area contributed by atoms with Crippen molar-refractivity contribution in [1.29, 1.82) is 0 Å². The van der Waals surface area contributed by atoms with Crippen LogP contribution in [0.3, 0.4) is 0 Å². The largest absolute Gasteiger partial charge is 0.486 e. The molecule has 0 saturated heterocycles. The molecule has 0 amide bonds. The Balaban J connectivity index is 2.69. The lowest BCUT2D eigenvalue weighted by atomic mass is 10.3. The van der Waals surface area contributed by atoms with Crippen LogP contribution in [0.2, 0.25) is 0 Å². The average Bonchev–Trinajstić information content (AvgIpc) is 2.18. The molecule has 16 heavy (non-hydrogen) atoms. The molecule has 1 aromatic rings. The molecular formula is C10H7F5O. The van der Waals surface area contributed by atoms with Gasteiger partial charge >= 0.3 is 6.18 Å². The fourth-order valence-electron chi connectivity index (χ4n) is 0.842. The van der Waals surface area contributed by atoms with Crippen LogP contribution in [0.1, 0.15) is 0 Å². The van der Waals surface area contributed by atoms with Crippen LogP contribution in [0.5, 0.6) is 5.75 Å². The lowest BCUT2D eigenvalue weighted by Crippen LogP contribution is -2.17. The van der Waals surface area contributed by atoms with E-state index in [1.54, 1.807) is 0 Å². The van der Waals surface area contributed by atoms with Gasteiger partial charge in [-0.05, 0) is 12.1 Å². The molecule has 0 bridgehead atoms. The summed E-state index contributed by atoms with van der Waals surface area (Å²) in [7, 11) is 0. The Kier molecular flexibility index (Phi) is 3.51. The Morgan fingerprint density at radius 3 is 2.44 bits per heavy atom. The molecule has 88 valence electrons. The average molecular weight is 238 g/mol. The van der Waals surface area contributed by atoms with Gasteiger partial charge in [-0.2, -0.15) is 17.6 Å². The summed E-state index contributed by atoms with van der Waals surface area (Å²) in [6.07, 6.45) is -4.61. The minimum Gasteiger partial charge on any atom is -0.486 e. The first-order chi connectivity index (χ1) is 7.32. The van der Waals surface area contributed by atoms with Gasteiger partial charge in [-0.3, -0.25) is 0 Å². The van der Waals surface area contributed by atoms with Crippen molar-refractivity contribution in [3.05, 3.63) is 42.0 Å². The number of hydrogen-bond acceptors (Lipinski definition) is 1. The van der Waals surface area contributed by atoms with Crippen LogP contribution < -0.4 is 4.74 Å². The molecule has 0 aromatic heterocycles. The van der Waals surface area contributed by atoms with E-state index in [-0.39, 0.29) is 0 Å². The maximum atomic E-state index is 12.9. The predicted molar refractivity (Wildman–Crippen MR) is 47.0 cm³/mol. The molecule has 0 radical (unpaired) electrons. The van der Waals surface area contributed by atoms with E-state index in [9.17, 15) is 22.0 Å².